The van der Waals surface area contributed by atoms with E-state index in [1.165, 1.54) is 37.0 Å². The molecule has 2 aromatic rings. The van der Waals surface area contributed by atoms with Gasteiger partial charge in [0.25, 0.3) is 5.91 Å². The second-order valence-corrected chi connectivity index (χ2v) is 6.67. The number of hydrogen-bond acceptors (Lipinski definition) is 2. The van der Waals surface area contributed by atoms with Gasteiger partial charge in [-0.3, -0.25) is 4.79 Å². The van der Waals surface area contributed by atoms with Crippen LogP contribution < -0.4 is 10.2 Å². The zero-order valence-electron chi connectivity index (χ0n) is 13.9. The lowest BCUT2D eigenvalue weighted by atomic mass is 10.1. The number of carbonyl (C=O) groups is 1. The van der Waals surface area contributed by atoms with Gasteiger partial charge in [0, 0.05) is 5.39 Å². The maximum absolute atomic E-state index is 12.3. The van der Waals surface area contributed by atoms with E-state index in [4.69, 9.17) is 4.42 Å². The molecule has 0 bridgehead atoms. The summed E-state index contributed by atoms with van der Waals surface area (Å²) in [5, 5.41) is 4.17. The Morgan fingerprint density at radius 3 is 2.61 bits per heavy atom. The number of likely N-dealkylation sites (tertiary alicyclic amines) is 1. The molecule has 23 heavy (non-hydrogen) atoms. The maximum Gasteiger partial charge on any atom is 0.275 e. The smallest absolute Gasteiger partial charge is 0.275 e. The molecule has 3 rings (SSSR count). The van der Waals surface area contributed by atoms with Crippen LogP contribution in [-0.2, 0) is 4.79 Å². The number of quaternary nitrogens is 1. The number of furan rings is 1. The van der Waals surface area contributed by atoms with Crippen molar-refractivity contribution in [2.24, 2.45) is 0 Å². The van der Waals surface area contributed by atoms with E-state index >= 15 is 0 Å². The van der Waals surface area contributed by atoms with Crippen LogP contribution in [0.5, 0.6) is 0 Å². The molecule has 1 atom stereocenters. The fraction of sp³-hybridized carbons (Fsp3) is 0.526. The monoisotopic (exact) mass is 315 g/mol. The number of nitrogens with one attached hydrogen (secondary N) is 2. The summed E-state index contributed by atoms with van der Waals surface area (Å²) < 4.78 is 5.84. The van der Waals surface area contributed by atoms with Gasteiger partial charge in [-0.05, 0) is 44.7 Å². The summed E-state index contributed by atoms with van der Waals surface area (Å²) in [6.45, 7) is 4.79. The second kappa shape index (κ2) is 7.64. The van der Waals surface area contributed by atoms with Gasteiger partial charge in [-0.15, -0.1) is 0 Å². The zero-order chi connectivity index (χ0) is 16.1. The standard InChI is InChI=1S/C19H26N2O2/c1-15(18-13-16-9-5-6-10-17(16)23-18)20-19(22)14-21-11-7-3-2-4-8-12-21/h5-6,9-10,13,15H,2-4,7-8,11-12,14H2,1H3,(H,20,22)/p+1/t15-/m1/s1. The molecular formula is C19H27N2O2+. The lowest BCUT2D eigenvalue weighted by Crippen LogP contribution is -3.13. The van der Waals surface area contributed by atoms with Gasteiger partial charge in [-0.1, -0.05) is 24.6 Å². The van der Waals surface area contributed by atoms with Crippen LogP contribution in [-0.4, -0.2) is 25.5 Å². The summed E-state index contributed by atoms with van der Waals surface area (Å²) in [6.07, 6.45) is 6.44. The minimum Gasteiger partial charge on any atom is -0.459 e. The van der Waals surface area contributed by atoms with Crippen LogP contribution in [0.15, 0.2) is 34.7 Å². The van der Waals surface area contributed by atoms with Crippen molar-refractivity contribution in [1.82, 2.24) is 5.32 Å². The van der Waals surface area contributed by atoms with Gasteiger partial charge in [0.2, 0.25) is 0 Å². The van der Waals surface area contributed by atoms with Crippen LogP contribution in [0.3, 0.4) is 0 Å². The molecule has 4 nitrogen and oxygen atoms in total. The topological polar surface area (TPSA) is 46.7 Å². The molecule has 2 heterocycles. The third-order valence-electron chi connectivity index (χ3n) is 4.72. The van der Waals surface area contributed by atoms with Gasteiger partial charge in [-0.2, -0.15) is 0 Å². The van der Waals surface area contributed by atoms with Crippen molar-refractivity contribution in [3.05, 3.63) is 36.1 Å². The average molecular weight is 315 g/mol. The molecule has 1 fully saturated rings. The first-order valence-corrected chi connectivity index (χ1v) is 8.84. The number of carbonyl (C=O) groups excluding carboxylic acids is 1. The first-order chi connectivity index (χ1) is 11.2. The molecule has 1 aliphatic rings. The third-order valence-corrected chi connectivity index (χ3v) is 4.72. The van der Waals surface area contributed by atoms with Gasteiger partial charge in [-0.25, -0.2) is 0 Å². The van der Waals surface area contributed by atoms with E-state index in [0.717, 1.165) is 29.8 Å². The van der Waals surface area contributed by atoms with Crippen molar-refractivity contribution in [3.8, 4) is 0 Å². The second-order valence-electron chi connectivity index (χ2n) is 6.67. The summed E-state index contributed by atoms with van der Waals surface area (Å²) in [5.74, 6) is 0.941. The van der Waals surface area contributed by atoms with Gasteiger partial charge >= 0.3 is 0 Å². The Labute approximate surface area is 137 Å². The largest absolute Gasteiger partial charge is 0.459 e. The summed E-state index contributed by atoms with van der Waals surface area (Å²) in [6, 6.07) is 9.87. The Bertz CT molecular complexity index is 609. The quantitative estimate of drug-likeness (QED) is 0.910. The number of amides is 1. The Hall–Kier alpha value is -1.81. The highest BCUT2D eigenvalue weighted by molar-refractivity contribution is 5.79. The average Bonchev–Trinajstić information content (AvgIpc) is 2.94. The van der Waals surface area contributed by atoms with Crippen LogP contribution in [0.25, 0.3) is 11.0 Å². The highest BCUT2D eigenvalue weighted by Gasteiger charge is 2.19. The van der Waals surface area contributed by atoms with Crippen LogP contribution in [0.4, 0.5) is 0 Å². The fourth-order valence-electron chi connectivity index (χ4n) is 3.39. The highest BCUT2D eigenvalue weighted by atomic mass is 16.3. The maximum atomic E-state index is 12.3. The molecule has 1 aromatic heterocycles. The van der Waals surface area contributed by atoms with Gasteiger partial charge in [0.05, 0.1) is 19.1 Å². The predicted molar refractivity (Wildman–Crippen MR) is 91.4 cm³/mol. The lowest BCUT2D eigenvalue weighted by molar-refractivity contribution is -0.893. The normalized spacial score (nSPS) is 18.3. The molecular weight excluding hydrogens is 288 g/mol. The minimum absolute atomic E-state index is 0.0935. The summed E-state index contributed by atoms with van der Waals surface area (Å²) in [4.78, 5) is 13.8. The van der Waals surface area contributed by atoms with Crippen LogP contribution in [0.2, 0.25) is 0 Å². The Morgan fingerprint density at radius 1 is 1.17 bits per heavy atom. The van der Waals surface area contributed by atoms with Crippen molar-refractivity contribution < 1.29 is 14.1 Å². The zero-order valence-corrected chi connectivity index (χ0v) is 13.9. The van der Waals surface area contributed by atoms with E-state index in [1.807, 2.05) is 37.3 Å². The van der Waals surface area contributed by atoms with E-state index in [9.17, 15) is 4.79 Å². The van der Waals surface area contributed by atoms with Crippen LogP contribution in [0.1, 0.15) is 50.8 Å². The number of benzene rings is 1. The molecule has 1 amide bonds. The number of para-hydroxylation sites is 1. The molecule has 0 unspecified atom stereocenters. The predicted octanol–water partition coefficient (Wildman–Crippen LogP) is 2.46. The van der Waals surface area contributed by atoms with Gasteiger partial charge in [0.1, 0.15) is 11.3 Å². The molecule has 1 aromatic carbocycles. The lowest BCUT2D eigenvalue weighted by Gasteiger charge is -2.22. The third kappa shape index (κ3) is 4.35. The van der Waals surface area contributed by atoms with E-state index in [2.05, 4.69) is 5.32 Å². The molecule has 1 saturated heterocycles. The fourth-order valence-corrected chi connectivity index (χ4v) is 3.39. The minimum atomic E-state index is -0.0935. The van der Waals surface area contributed by atoms with E-state index in [0.29, 0.717) is 6.54 Å². The Kier molecular flexibility index (Phi) is 5.34. The van der Waals surface area contributed by atoms with Crippen LogP contribution in [0, 0.1) is 0 Å². The molecule has 0 spiro atoms. The van der Waals surface area contributed by atoms with Crippen molar-refractivity contribution >= 4 is 16.9 Å². The van der Waals surface area contributed by atoms with E-state index in [-0.39, 0.29) is 11.9 Å². The van der Waals surface area contributed by atoms with Crippen molar-refractivity contribution in [3.63, 3.8) is 0 Å². The molecule has 0 aliphatic carbocycles. The molecule has 124 valence electrons. The van der Waals surface area contributed by atoms with Crippen molar-refractivity contribution in [1.29, 1.82) is 0 Å². The van der Waals surface area contributed by atoms with Gasteiger partial charge < -0.3 is 14.6 Å². The SMILES string of the molecule is C[C@@H](NC(=O)C[NH+]1CCCCCCC1)c1cc2ccccc2o1. The van der Waals surface area contributed by atoms with Crippen molar-refractivity contribution in [2.75, 3.05) is 19.6 Å². The first kappa shape index (κ1) is 16.1. The first-order valence-electron chi connectivity index (χ1n) is 8.84. The number of rotatable bonds is 4. The van der Waals surface area contributed by atoms with E-state index < -0.39 is 0 Å². The molecule has 4 heteroatoms. The molecule has 2 N–H and O–H groups in total. The molecule has 0 saturated carbocycles. The summed E-state index contributed by atoms with van der Waals surface area (Å²) in [7, 11) is 0. The molecule has 0 radical (unpaired) electrons. The Morgan fingerprint density at radius 2 is 1.87 bits per heavy atom. The van der Waals surface area contributed by atoms with E-state index in [1.54, 1.807) is 0 Å². The van der Waals surface area contributed by atoms with Crippen molar-refractivity contribution in [2.45, 2.75) is 45.1 Å². The number of hydrogen-bond donors (Lipinski definition) is 2. The van der Waals surface area contributed by atoms with Crippen LogP contribution >= 0.6 is 0 Å². The Balaban J connectivity index is 1.55. The molecule has 1 aliphatic heterocycles. The highest BCUT2D eigenvalue weighted by Crippen LogP contribution is 2.23. The summed E-state index contributed by atoms with van der Waals surface area (Å²) in [5.41, 5.74) is 0.873. The number of fused-ring (bicyclic) bond motifs is 1. The summed E-state index contributed by atoms with van der Waals surface area (Å²) >= 11 is 0. The van der Waals surface area contributed by atoms with Gasteiger partial charge in [0.15, 0.2) is 6.54 Å².